The second-order valence-corrected chi connectivity index (χ2v) is 6.23. The summed E-state index contributed by atoms with van der Waals surface area (Å²) in [6.07, 6.45) is -0.102. The first-order valence-corrected chi connectivity index (χ1v) is 8.23. The minimum atomic E-state index is -0.807. The zero-order valence-corrected chi connectivity index (χ0v) is 15.0. The van der Waals surface area contributed by atoms with Crippen molar-refractivity contribution in [2.45, 2.75) is 40.2 Å². The minimum Gasteiger partial charge on any atom is -0.466 e. The summed E-state index contributed by atoms with van der Waals surface area (Å²) in [5.41, 5.74) is 9.83. The largest absolute Gasteiger partial charge is 0.466 e. The third-order valence-corrected chi connectivity index (χ3v) is 4.16. The number of carbonyl (C=O) groups is 1. The van der Waals surface area contributed by atoms with Crippen molar-refractivity contribution in [1.29, 1.82) is 0 Å². The maximum atomic E-state index is 14.6. The molecule has 0 aliphatic carbocycles. The van der Waals surface area contributed by atoms with Crippen molar-refractivity contribution in [3.63, 3.8) is 0 Å². The van der Waals surface area contributed by atoms with Crippen LogP contribution in [0.3, 0.4) is 0 Å². The number of nitrogens with two attached hydrogens (primary N) is 1. The van der Waals surface area contributed by atoms with Crippen LogP contribution in [0, 0.1) is 32.4 Å². The number of esters is 1. The first-order chi connectivity index (χ1) is 11.7. The van der Waals surface area contributed by atoms with Gasteiger partial charge in [0.15, 0.2) is 0 Å². The lowest BCUT2D eigenvalue weighted by Crippen LogP contribution is -2.19. The van der Waals surface area contributed by atoms with Crippen LogP contribution in [0.5, 0.6) is 0 Å². The summed E-state index contributed by atoms with van der Waals surface area (Å²) in [6, 6.07) is 5.43. The molecule has 0 fully saturated rings. The molecule has 0 amide bonds. The van der Waals surface area contributed by atoms with Gasteiger partial charge >= 0.3 is 5.97 Å². The Bertz CT molecular complexity index is 780. The zero-order chi connectivity index (χ0) is 18.7. The van der Waals surface area contributed by atoms with Crippen LogP contribution in [0.2, 0.25) is 0 Å². The molecule has 2 aromatic rings. The van der Waals surface area contributed by atoms with Crippen LogP contribution < -0.4 is 5.73 Å². The van der Waals surface area contributed by atoms with E-state index in [9.17, 15) is 13.6 Å². The van der Waals surface area contributed by atoms with Gasteiger partial charge in [0.2, 0.25) is 0 Å². The Hall–Kier alpha value is -2.27. The molecular weight excluding hydrogens is 324 g/mol. The monoisotopic (exact) mass is 347 g/mol. The van der Waals surface area contributed by atoms with Gasteiger partial charge in [0.25, 0.3) is 0 Å². The van der Waals surface area contributed by atoms with Crippen molar-refractivity contribution in [1.82, 2.24) is 0 Å². The highest BCUT2D eigenvalue weighted by molar-refractivity contribution is 5.73. The minimum absolute atomic E-state index is 0.102. The maximum absolute atomic E-state index is 14.6. The molecule has 2 rings (SSSR count). The van der Waals surface area contributed by atoms with E-state index in [1.54, 1.807) is 26.0 Å². The average molecular weight is 347 g/mol. The summed E-state index contributed by atoms with van der Waals surface area (Å²) in [4.78, 5) is 11.7. The van der Waals surface area contributed by atoms with Crippen LogP contribution in [0.25, 0.3) is 11.1 Å². The maximum Gasteiger partial charge on any atom is 0.307 e. The fraction of sp³-hybridized carbons (Fsp3) is 0.350. The zero-order valence-electron chi connectivity index (χ0n) is 15.0. The van der Waals surface area contributed by atoms with Crippen molar-refractivity contribution >= 4 is 5.97 Å². The number of hydrogen-bond donors (Lipinski definition) is 1. The van der Waals surface area contributed by atoms with Gasteiger partial charge in [0.05, 0.1) is 13.0 Å². The number of hydrogen-bond acceptors (Lipinski definition) is 3. The number of rotatable bonds is 5. The third kappa shape index (κ3) is 4.23. The van der Waals surface area contributed by atoms with Gasteiger partial charge in [0, 0.05) is 11.6 Å². The van der Waals surface area contributed by atoms with Gasteiger partial charge in [-0.25, -0.2) is 8.78 Å². The molecule has 5 heteroatoms. The van der Waals surface area contributed by atoms with Gasteiger partial charge < -0.3 is 10.5 Å². The van der Waals surface area contributed by atoms with E-state index in [0.717, 1.165) is 22.3 Å². The molecule has 0 radical (unpaired) electrons. The van der Waals surface area contributed by atoms with Crippen LogP contribution in [0.4, 0.5) is 8.78 Å². The fourth-order valence-electron chi connectivity index (χ4n) is 3.09. The quantitative estimate of drug-likeness (QED) is 0.810. The normalized spacial score (nSPS) is 12.1. The molecule has 2 aromatic carbocycles. The van der Waals surface area contributed by atoms with Crippen LogP contribution in [-0.2, 0) is 9.53 Å². The highest BCUT2D eigenvalue weighted by atomic mass is 19.1. The molecule has 0 spiro atoms. The second-order valence-electron chi connectivity index (χ2n) is 6.23. The van der Waals surface area contributed by atoms with E-state index in [2.05, 4.69) is 0 Å². The van der Waals surface area contributed by atoms with Crippen LogP contribution in [0.1, 0.15) is 41.6 Å². The molecule has 0 aliphatic rings. The second kappa shape index (κ2) is 7.74. The Balaban J connectivity index is 2.50. The summed E-state index contributed by atoms with van der Waals surface area (Å²) >= 11 is 0. The van der Waals surface area contributed by atoms with Gasteiger partial charge in [-0.1, -0.05) is 0 Å². The molecule has 0 aliphatic heterocycles. The number of aryl methyl sites for hydroxylation is 3. The Labute approximate surface area is 146 Å². The van der Waals surface area contributed by atoms with E-state index in [1.165, 1.54) is 12.1 Å². The fourth-order valence-corrected chi connectivity index (χ4v) is 3.09. The smallest absolute Gasteiger partial charge is 0.307 e. The lowest BCUT2D eigenvalue weighted by molar-refractivity contribution is -0.143. The summed E-state index contributed by atoms with van der Waals surface area (Å²) in [7, 11) is 0. The summed E-state index contributed by atoms with van der Waals surface area (Å²) in [5, 5.41) is 0. The Morgan fingerprint density at radius 1 is 1.08 bits per heavy atom. The molecule has 0 saturated heterocycles. The molecule has 25 heavy (non-hydrogen) atoms. The molecule has 0 heterocycles. The Morgan fingerprint density at radius 2 is 1.68 bits per heavy atom. The van der Waals surface area contributed by atoms with Crippen LogP contribution in [-0.4, -0.2) is 12.6 Å². The summed E-state index contributed by atoms with van der Waals surface area (Å²) in [6.45, 7) is 7.22. The van der Waals surface area contributed by atoms with Crippen molar-refractivity contribution in [3.05, 3.63) is 58.2 Å². The average Bonchev–Trinajstić information content (AvgIpc) is 2.49. The molecule has 1 unspecified atom stereocenters. The van der Waals surface area contributed by atoms with Crippen molar-refractivity contribution in [2.24, 2.45) is 5.73 Å². The van der Waals surface area contributed by atoms with E-state index >= 15 is 0 Å². The predicted molar refractivity (Wildman–Crippen MR) is 94.2 cm³/mol. The van der Waals surface area contributed by atoms with Gasteiger partial charge in [-0.3, -0.25) is 4.79 Å². The third-order valence-electron chi connectivity index (χ3n) is 4.16. The van der Waals surface area contributed by atoms with E-state index in [4.69, 9.17) is 10.5 Å². The molecule has 0 aromatic heterocycles. The highest BCUT2D eigenvalue weighted by Gasteiger charge is 2.20. The van der Waals surface area contributed by atoms with Gasteiger partial charge in [-0.2, -0.15) is 0 Å². The van der Waals surface area contributed by atoms with Gasteiger partial charge in [0.1, 0.15) is 11.6 Å². The first kappa shape index (κ1) is 19.1. The predicted octanol–water partition coefficient (Wildman–Crippen LogP) is 4.51. The number of ether oxygens (including phenoxy) is 1. The van der Waals surface area contributed by atoms with Crippen molar-refractivity contribution in [3.8, 4) is 11.1 Å². The van der Waals surface area contributed by atoms with Crippen LogP contribution in [0.15, 0.2) is 24.3 Å². The standard InChI is InChI=1S/C20H23F2NO2/c1-5-25-18(24)10-17(23)16-9-14(6-13(4)20(16)22)19-11(2)7-15(21)8-12(19)3/h6-9,17H,5,10,23H2,1-4H3. The highest BCUT2D eigenvalue weighted by Crippen LogP contribution is 2.33. The first-order valence-electron chi connectivity index (χ1n) is 8.23. The lowest BCUT2D eigenvalue weighted by Gasteiger charge is -2.18. The molecule has 3 nitrogen and oxygen atoms in total. The number of carbonyl (C=O) groups excluding carboxylic acids is 1. The topological polar surface area (TPSA) is 52.3 Å². The Kier molecular flexibility index (Phi) is 5.90. The van der Waals surface area contributed by atoms with E-state index in [-0.39, 0.29) is 24.4 Å². The molecular formula is C20H23F2NO2. The summed E-state index contributed by atoms with van der Waals surface area (Å²) in [5.74, 6) is -1.21. The molecule has 2 N–H and O–H groups in total. The molecule has 134 valence electrons. The molecule has 0 saturated carbocycles. The van der Waals surface area contributed by atoms with E-state index in [0.29, 0.717) is 5.56 Å². The van der Waals surface area contributed by atoms with Crippen LogP contribution >= 0.6 is 0 Å². The Morgan fingerprint density at radius 3 is 2.24 bits per heavy atom. The summed E-state index contributed by atoms with van der Waals surface area (Å²) < 4.78 is 33.0. The SMILES string of the molecule is CCOC(=O)CC(N)c1cc(-c2c(C)cc(F)cc2C)cc(C)c1F. The van der Waals surface area contributed by atoms with Gasteiger partial charge in [-0.05, 0) is 79.8 Å². The van der Waals surface area contributed by atoms with Crippen molar-refractivity contribution < 1.29 is 18.3 Å². The molecule has 1 atom stereocenters. The van der Waals surface area contributed by atoms with Gasteiger partial charge in [-0.15, -0.1) is 0 Å². The van der Waals surface area contributed by atoms with E-state index in [1.807, 2.05) is 13.8 Å². The number of halogens is 2. The van der Waals surface area contributed by atoms with Crippen molar-refractivity contribution in [2.75, 3.05) is 6.61 Å². The number of benzene rings is 2. The lowest BCUT2D eigenvalue weighted by atomic mass is 9.90. The molecule has 0 bridgehead atoms. The van der Waals surface area contributed by atoms with E-state index < -0.39 is 17.8 Å².